The zero-order chi connectivity index (χ0) is 17.9. The number of aliphatic carboxylic acids is 1. The zero-order valence-electron chi connectivity index (χ0n) is 14.1. The van der Waals surface area contributed by atoms with Crippen LogP contribution in [-0.2, 0) is 16.0 Å². The highest BCUT2D eigenvalue weighted by Crippen LogP contribution is 2.42. The minimum atomic E-state index is -1.02. The van der Waals surface area contributed by atoms with Gasteiger partial charge in [-0.2, -0.15) is 12.6 Å². The molecule has 1 aliphatic rings. The second-order valence-electron chi connectivity index (χ2n) is 5.90. The van der Waals surface area contributed by atoms with Crippen LogP contribution in [0.4, 0.5) is 0 Å². The first-order valence-corrected chi connectivity index (χ1v) is 8.44. The van der Waals surface area contributed by atoms with Gasteiger partial charge in [0.15, 0.2) is 11.5 Å². The molecular formula is C17H23NO5S. The van der Waals surface area contributed by atoms with Crippen molar-refractivity contribution in [1.29, 1.82) is 0 Å². The fourth-order valence-corrected chi connectivity index (χ4v) is 3.24. The minimum absolute atomic E-state index is 0.194. The molecule has 1 N–H and O–H groups in total. The molecule has 2 unspecified atom stereocenters. The summed E-state index contributed by atoms with van der Waals surface area (Å²) in [7, 11) is 3.13. The van der Waals surface area contributed by atoms with E-state index in [4.69, 9.17) is 9.47 Å². The van der Waals surface area contributed by atoms with Gasteiger partial charge in [-0.05, 0) is 36.1 Å². The lowest BCUT2D eigenvalue weighted by molar-refractivity contribution is -0.147. The maximum absolute atomic E-state index is 12.6. The number of carbonyl (C=O) groups excluding carboxylic acids is 1. The van der Waals surface area contributed by atoms with Gasteiger partial charge in [0.05, 0.1) is 20.3 Å². The first-order valence-electron chi connectivity index (χ1n) is 7.80. The van der Waals surface area contributed by atoms with Crippen molar-refractivity contribution in [1.82, 2.24) is 4.90 Å². The third-order valence-electron chi connectivity index (χ3n) is 4.35. The van der Waals surface area contributed by atoms with Crippen LogP contribution in [0.25, 0.3) is 0 Å². The predicted octanol–water partition coefficient (Wildman–Crippen LogP) is 2.17. The SMILES string of the molecule is COc1cc2c(cc1OC)C(N(CC(=O)O)C(=O)C(C)CS)CC2. The van der Waals surface area contributed by atoms with Gasteiger partial charge in [-0.3, -0.25) is 9.59 Å². The van der Waals surface area contributed by atoms with E-state index < -0.39 is 5.97 Å². The van der Waals surface area contributed by atoms with Crippen molar-refractivity contribution in [2.45, 2.75) is 25.8 Å². The summed E-state index contributed by atoms with van der Waals surface area (Å²) < 4.78 is 10.7. The molecule has 2 rings (SSSR count). The molecule has 2 atom stereocenters. The molecule has 0 aliphatic heterocycles. The molecule has 1 aliphatic carbocycles. The molecule has 0 bridgehead atoms. The lowest BCUT2D eigenvalue weighted by Crippen LogP contribution is -2.41. The summed E-state index contributed by atoms with van der Waals surface area (Å²) in [6.07, 6.45) is 1.45. The van der Waals surface area contributed by atoms with Crippen LogP contribution in [0.1, 0.15) is 30.5 Å². The number of hydrogen-bond donors (Lipinski definition) is 2. The molecule has 0 heterocycles. The van der Waals surface area contributed by atoms with Crippen molar-refractivity contribution in [2.24, 2.45) is 5.92 Å². The number of carboxylic acid groups (broad SMARTS) is 1. The number of fused-ring (bicyclic) bond motifs is 1. The number of carbonyl (C=O) groups is 2. The third-order valence-corrected chi connectivity index (χ3v) is 4.90. The minimum Gasteiger partial charge on any atom is -0.493 e. The summed E-state index contributed by atoms with van der Waals surface area (Å²) in [5.74, 6) is 0.0332. The Bertz CT molecular complexity index is 634. The predicted molar refractivity (Wildman–Crippen MR) is 93.0 cm³/mol. The lowest BCUT2D eigenvalue weighted by atomic mass is 10.0. The average molecular weight is 353 g/mol. The van der Waals surface area contributed by atoms with E-state index in [1.165, 1.54) is 4.90 Å². The van der Waals surface area contributed by atoms with Crippen molar-refractivity contribution in [3.63, 3.8) is 0 Å². The fourth-order valence-electron chi connectivity index (χ4n) is 3.08. The molecule has 1 aromatic carbocycles. The number of nitrogens with zero attached hydrogens (tertiary/aromatic N) is 1. The Morgan fingerprint density at radius 2 is 1.96 bits per heavy atom. The number of methoxy groups -OCH3 is 2. The van der Waals surface area contributed by atoms with Gasteiger partial charge in [0.1, 0.15) is 6.54 Å². The number of ether oxygens (including phenoxy) is 2. The maximum Gasteiger partial charge on any atom is 0.323 e. The highest BCUT2D eigenvalue weighted by Gasteiger charge is 2.34. The van der Waals surface area contributed by atoms with Crippen LogP contribution < -0.4 is 9.47 Å². The summed E-state index contributed by atoms with van der Waals surface area (Å²) in [6.45, 7) is 1.43. The van der Waals surface area contributed by atoms with Crippen molar-refractivity contribution in [3.05, 3.63) is 23.3 Å². The second-order valence-corrected chi connectivity index (χ2v) is 6.27. The van der Waals surface area contributed by atoms with E-state index in [1.54, 1.807) is 21.1 Å². The average Bonchev–Trinajstić information content (AvgIpc) is 2.99. The number of benzene rings is 1. The quantitative estimate of drug-likeness (QED) is 0.735. The third kappa shape index (κ3) is 3.61. The molecule has 1 aromatic rings. The van der Waals surface area contributed by atoms with E-state index in [9.17, 15) is 14.7 Å². The van der Waals surface area contributed by atoms with Crippen molar-refractivity contribution in [2.75, 3.05) is 26.5 Å². The van der Waals surface area contributed by atoms with Gasteiger partial charge in [-0.1, -0.05) is 6.92 Å². The first kappa shape index (κ1) is 18.4. The molecule has 0 saturated heterocycles. The van der Waals surface area contributed by atoms with Gasteiger partial charge in [-0.25, -0.2) is 0 Å². The fraction of sp³-hybridized carbons (Fsp3) is 0.529. The standard InChI is InChI=1S/C17H23NO5S/c1-10(9-24)17(21)18(8-16(19)20)13-5-4-11-6-14(22-2)15(23-3)7-12(11)13/h6-7,10,13,24H,4-5,8-9H2,1-3H3,(H,19,20). The van der Waals surface area contributed by atoms with Crippen LogP contribution in [0.5, 0.6) is 11.5 Å². The number of carboxylic acids is 1. The molecule has 132 valence electrons. The van der Waals surface area contributed by atoms with Crippen LogP contribution in [0, 0.1) is 5.92 Å². The summed E-state index contributed by atoms with van der Waals surface area (Å²) in [5, 5.41) is 9.22. The second kappa shape index (κ2) is 7.79. The summed E-state index contributed by atoms with van der Waals surface area (Å²) in [5.41, 5.74) is 1.98. The molecular weight excluding hydrogens is 330 g/mol. The van der Waals surface area contributed by atoms with Gasteiger partial charge in [0.2, 0.25) is 5.91 Å². The molecule has 1 amide bonds. The Hall–Kier alpha value is -1.89. The Balaban J connectivity index is 2.41. The van der Waals surface area contributed by atoms with Crippen LogP contribution in [0.15, 0.2) is 12.1 Å². The number of amides is 1. The Kier molecular flexibility index (Phi) is 5.99. The smallest absolute Gasteiger partial charge is 0.323 e. The summed E-state index contributed by atoms with van der Waals surface area (Å²) in [6, 6.07) is 3.48. The van der Waals surface area contributed by atoms with Gasteiger partial charge in [-0.15, -0.1) is 0 Å². The normalized spacial score (nSPS) is 17.1. The molecule has 0 fully saturated rings. The molecule has 0 aromatic heterocycles. The van der Waals surface area contributed by atoms with E-state index in [1.807, 2.05) is 12.1 Å². The van der Waals surface area contributed by atoms with E-state index in [2.05, 4.69) is 12.6 Å². The molecule has 7 heteroatoms. The van der Waals surface area contributed by atoms with E-state index in [-0.39, 0.29) is 24.4 Å². The monoisotopic (exact) mass is 353 g/mol. The Morgan fingerprint density at radius 3 is 2.50 bits per heavy atom. The zero-order valence-corrected chi connectivity index (χ0v) is 15.0. The van der Waals surface area contributed by atoms with Crippen molar-refractivity contribution in [3.8, 4) is 11.5 Å². The summed E-state index contributed by atoms with van der Waals surface area (Å²) >= 11 is 4.16. The van der Waals surface area contributed by atoms with Gasteiger partial charge >= 0.3 is 5.97 Å². The maximum atomic E-state index is 12.6. The van der Waals surface area contributed by atoms with Gasteiger partial charge in [0, 0.05) is 11.7 Å². The summed E-state index contributed by atoms with van der Waals surface area (Å²) in [4.78, 5) is 25.3. The van der Waals surface area contributed by atoms with E-state index in [0.717, 1.165) is 17.5 Å². The van der Waals surface area contributed by atoms with Crippen LogP contribution in [0.2, 0.25) is 0 Å². The van der Waals surface area contributed by atoms with Crippen LogP contribution in [0.3, 0.4) is 0 Å². The molecule has 0 saturated carbocycles. The molecule has 0 spiro atoms. The molecule has 0 radical (unpaired) electrons. The Labute approximate surface area is 147 Å². The van der Waals surface area contributed by atoms with Crippen molar-refractivity contribution < 1.29 is 24.2 Å². The molecule has 6 nitrogen and oxygen atoms in total. The van der Waals surface area contributed by atoms with Crippen LogP contribution in [-0.4, -0.2) is 48.4 Å². The van der Waals surface area contributed by atoms with Gasteiger partial charge in [0.25, 0.3) is 0 Å². The number of rotatable bonds is 7. The molecule has 24 heavy (non-hydrogen) atoms. The Morgan fingerprint density at radius 1 is 1.33 bits per heavy atom. The van der Waals surface area contributed by atoms with Crippen molar-refractivity contribution >= 4 is 24.5 Å². The highest BCUT2D eigenvalue weighted by atomic mass is 32.1. The largest absolute Gasteiger partial charge is 0.493 e. The number of aryl methyl sites for hydroxylation is 1. The lowest BCUT2D eigenvalue weighted by Gasteiger charge is -2.30. The number of thiol groups is 1. The first-order chi connectivity index (χ1) is 11.4. The van der Waals surface area contributed by atoms with E-state index in [0.29, 0.717) is 23.7 Å². The van der Waals surface area contributed by atoms with E-state index >= 15 is 0 Å². The topological polar surface area (TPSA) is 76.1 Å². The van der Waals surface area contributed by atoms with Gasteiger partial charge < -0.3 is 19.5 Å². The van der Waals surface area contributed by atoms with Crippen LogP contribution >= 0.6 is 12.6 Å². The highest BCUT2D eigenvalue weighted by molar-refractivity contribution is 7.80. The number of hydrogen-bond acceptors (Lipinski definition) is 5.